The first-order valence-electron chi connectivity index (χ1n) is 7.01. The van der Waals surface area contributed by atoms with Crippen LogP contribution in [0.15, 0.2) is 30.3 Å². The van der Waals surface area contributed by atoms with Crippen molar-refractivity contribution in [3.05, 3.63) is 35.9 Å². The van der Waals surface area contributed by atoms with Crippen LogP contribution < -0.4 is 5.32 Å². The van der Waals surface area contributed by atoms with Crippen molar-refractivity contribution in [1.82, 2.24) is 10.2 Å². The van der Waals surface area contributed by atoms with Gasteiger partial charge in [0.15, 0.2) is 0 Å². The summed E-state index contributed by atoms with van der Waals surface area (Å²) in [4.78, 5) is 24.6. The van der Waals surface area contributed by atoms with Crippen LogP contribution >= 0.6 is 0 Å². The molecule has 0 aromatic heterocycles. The lowest BCUT2D eigenvalue weighted by atomic mass is 9.94. The van der Waals surface area contributed by atoms with Crippen LogP contribution in [0.4, 0.5) is 0 Å². The van der Waals surface area contributed by atoms with Crippen molar-refractivity contribution in [3.63, 3.8) is 0 Å². The van der Waals surface area contributed by atoms with E-state index in [1.807, 2.05) is 18.2 Å². The number of aryl methyl sites for hydroxylation is 1. The average Bonchev–Trinajstić information content (AvgIpc) is 2.65. The van der Waals surface area contributed by atoms with E-state index in [1.165, 1.54) is 10.5 Å². The second-order valence-electron chi connectivity index (χ2n) is 6.06. The van der Waals surface area contributed by atoms with E-state index in [9.17, 15) is 9.59 Å². The van der Waals surface area contributed by atoms with E-state index in [1.54, 1.807) is 7.05 Å². The van der Waals surface area contributed by atoms with Crippen LogP contribution in [0.3, 0.4) is 0 Å². The molecule has 2 rings (SSSR count). The Morgan fingerprint density at radius 1 is 1.25 bits per heavy atom. The van der Waals surface area contributed by atoms with Crippen LogP contribution in [0.5, 0.6) is 0 Å². The average molecular weight is 274 g/mol. The Hall–Kier alpha value is -1.68. The number of imide groups is 1. The van der Waals surface area contributed by atoms with E-state index in [0.717, 1.165) is 12.8 Å². The fourth-order valence-corrected chi connectivity index (χ4v) is 2.51. The number of likely N-dealkylation sites (tertiary alicyclic amines) is 1. The predicted octanol–water partition coefficient (Wildman–Crippen LogP) is 1.74. The van der Waals surface area contributed by atoms with Crippen LogP contribution in [0, 0.1) is 0 Å². The zero-order valence-corrected chi connectivity index (χ0v) is 12.3. The Kier molecular flexibility index (Phi) is 4.23. The number of likely N-dealkylation sites (N-methyl/N-ethyl adjacent to an activating group) is 1. The molecule has 1 heterocycles. The summed E-state index contributed by atoms with van der Waals surface area (Å²) in [5.74, 6) is -0.228. The minimum atomic E-state index is -0.377. The van der Waals surface area contributed by atoms with Gasteiger partial charge in [-0.2, -0.15) is 0 Å². The minimum Gasteiger partial charge on any atom is -0.300 e. The molecular formula is C16H22N2O2. The van der Waals surface area contributed by atoms with Crippen molar-refractivity contribution in [3.8, 4) is 0 Å². The van der Waals surface area contributed by atoms with Gasteiger partial charge in [-0.1, -0.05) is 30.3 Å². The van der Waals surface area contributed by atoms with E-state index in [0.29, 0.717) is 0 Å². The zero-order valence-electron chi connectivity index (χ0n) is 12.3. The molecule has 1 aliphatic rings. The second-order valence-corrected chi connectivity index (χ2v) is 6.06. The van der Waals surface area contributed by atoms with Crippen molar-refractivity contribution >= 4 is 11.8 Å². The molecule has 1 unspecified atom stereocenters. The molecule has 1 atom stereocenters. The Morgan fingerprint density at radius 2 is 1.90 bits per heavy atom. The number of nitrogens with zero attached hydrogens (tertiary/aromatic N) is 1. The van der Waals surface area contributed by atoms with Crippen LogP contribution in [0.25, 0.3) is 0 Å². The third-order valence-corrected chi connectivity index (χ3v) is 3.83. The summed E-state index contributed by atoms with van der Waals surface area (Å²) in [6, 6.07) is 9.90. The van der Waals surface area contributed by atoms with Crippen molar-refractivity contribution < 1.29 is 9.59 Å². The molecule has 1 fully saturated rings. The van der Waals surface area contributed by atoms with Crippen LogP contribution in [0.2, 0.25) is 0 Å². The monoisotopic (exact) mass is 274 g/mol. The standard InChI is InChI=1S/C16H22N2O2/c1-16(2,10-9-12-7-5-4-6-8-12)17-13-11-14(19)18(3)15(13)20/h4-8,13,17H,9-11H2,1-3H3. The maximum atomic E-state index is 11.9. The first-order chi connectivity index (χ1) is 9.39. The lowest BCUT2D eigenvalue weighted by molar-refractivity contribution is -0.137. The van der Waals surface area contributed by atoms with Gasteiger partial charge in [0.05, 0.1) is 12.5 Å². The Morgan fingerprint density at radius 3 is 2.45 bits per heavy atom. The van der Waals surface area contributed by atoms with E-state index < -0.39 is 0 Å². The number of nitrogens with one attached hydrogen (secondary N) is 1. The lowest BCUT2D eigenvalue weighted by Gasteiger charge is -2.29. The largest absolute Gasteiger partial charge is 0.300 e. The van der Waals surface area contributed by atoms with Crippen LogP contribution in [-0.2, 0) is 16.0 Å². The van der Waals surface area contributed by atoms with E-state index in [4.69, 9.17) is 0 Å². The number of carbonyl (C=O) groups is 2. The summed E-state index contributed by atoms with van der Waals surface area (Å²) in [6.07, 6.45) is 2.13. The minimum absolute atomic E-state index is 0.105. The van der Waals surface area contributed by atoms with Gasteiger partial charge in [0, 0.05) is 12.6 Å². The third kappa shape index (κ3) is 3.45. The summed E-state index contributed by atoms with van der Waals surface area (Å²) >= 11 is 0. The van der Waals surface area contributed by atoms with Gasteiger partial charge < -0.3 is 5.32 Å². The highest BCUT2D eigenvalue weighted by atomic mass is 16.2. The molecule has 1 aromatic carbocycles. The van der Waals surface area contributed by atoms with Crippen molar-refractivity contribution in [2.24, 2.45) is 0 Å². The number of hydrogen-bond donors (Lipinski definition) is 1. The summed E-state index contributed by atoms with van der Waals surface area (Å²) in [6.45, 7) is 4.15. The number of amides is 2. The molecule has 0 bridgehead atoms. The Balaban J connectivity index is 1.91. The van der Waals surface area contributed by atoms with Crippen molar-refractivity contribution in [1.29, 1.82) is 0 Å². The highest BCUT2D eigenvalue weighted by molar-refractivity contribution is 6.05. The topological polar surface area (TPSA) is 49.4 Å². The maximum Gasteiger partial charge on any atom is 0.246 e. The molecule has 0 aliphatic carbocycles. The zero-order chi connectivity index (χ0) is 14.8. The molecule has 4 nitrogen and oxygen atoms in total. The molecule has 0 spiro atoms. The van der Waals surface area contributed by atoms with Gasteiger partial charge in [0.25, 0.3) is 0 Å². The van der Waals surface area contributed by atoms with Crippen LogP contribution in [0.1, 0.15) is 32.3 Å². The second kappa shape index (κ2) is 5.75. The maximum absolute atomic E-state index is 11.9. The molecule has 1 N–H and O–H groups in total. The highest BCUT2D eigenvalue weighted by Gasteiger charge is 2.38. The van der Waals surface area contributed by atoms with Crippen molar-refractivity contribution in [2.45, 2.75) is 44.7 Å². The molecule has 108 valence electrons. The van der Waals surface area contributed by atoms with Crippen LogP contribution in [-0.4, -0.2) is 35.3 Å². The van der Waals surface area contributed by atoms with E-state index in [-0.39, 0.29) is 29.8 Å². The quantitative estimate of drug-likeness (QED) is 0.832. The summed E-state index contributed by atoms with van der Waals surface area (Å²) in [5, 5.41) is 3.32. The van der Waals surface area contributed by atoms with Gasteiger partial charge in [0.1, 0.15) is 0 Å². The fraction of sp³-hybridized carbons (Fsp3) is 0.500. The normalized spacial score (nSPS) is 19.8. The molecule has 4 heteroatoms. The van der Waals surface area contributed by atoms with Gasteiger partial charge >= 0.3 is 0 Å². The van der Waals surface area contributed by atoms with E-state index >= 15 is 0 Å². The molecule has 20 heavy (non-hydrogen) atoms. The van der Waals surface area contributed by atoms with Gasteiger partial charge in [-0.3, -0.25) is 14.5 Å². The number of benzene rings is 1. The van der Waals surface area contributed by atoms with Gasteiger partial charge in [-0.25, -0.2) is 0 Å². The molecule has 1 aromatic rings. The Labute approximate surface area is 120 Å². The van der Waals surface area contributed by atoms with Gasteiger partial charge in [-0.15, -0.1) is 0 Å². The number of rotatable bonds is 5. The molecule has 1 saturated heterocycles. The number of carbonyl (C=O) groups excluding carboxylic acids is 2. The van der Waals surface area contributed by atoms with E-state index in [2.05, 4.69) is 31.3 Å². The first-order valence-corrected chi connectivity index (χ1v) is 7.01. The third-order valence-electron chi connectivity index (χ3n) is 3.83. The smallest absolute Gasteiger partial charge is 0.246 e. The summed E-state index contributed by atoms with van der Waals surface area (Å²) in [5.41, 5.74) is 1.11. The van der Waals surface area contributed by atoms with Crippen molar-refractivity contribution in [2.75, 3.05) is 7.05 Å². The molecule has 1 aliphatic heterocycles. The Bertz CT molecular complexity index is 496. The SMILES string of the molecule is CN1C(=O)CC(NC(C)(C)CCc2ccccc2)C1=O. The number of hydrogen-bond acceptors (Lipinski definition) is 3. The molecule has 0 saturated carbocycles. The predicted molar refractivity (Wildman–Crippen MR) is 78.2 cm³/mol. The molecule has 0 radical (unpaired) electrons. The van der Waals surface area contributed by atoms with Gasteiger partial charge in [0.2, 0.25) is 11.8 Å². The highest BCUT2D eigenvalue weighted by Crippen LogP contribution is 2.18. The lowest BCUT2D eigenvalue weighted by Crippen LogP contribution is -2.49. The van der Waals surface area contributed by atoms with Gasteiger partial charge in [-0.05, 0) is 32.3 Å². The fourth-order valence-electron chi connectivity index (χ4n) is 2.51. The molecular weight excluding hydrogens is 252 g/mol. The summed E-state index contributed by atoms with van der Waals surface area (Å²) in [7, 11) is 1.54. The summed E-state index contributed by atoms with van der Waals surface area (Å²) < 4.78 is 0. The first kappa shape index (κ1) is 14.7. The molecule has 2 amide bonds.